The zero-order valence-corrected chi connectivity index (χ0v) is 16.2. The van der Waals surface area contributed by atoms with Gasteiger partial charge in [-0.3, -0.25) is 4.79 Å². The summed E-state index contributed by atoms with van der Waals surface area (Å²) in [6.07, 6.45) is 1.83. The molecule has 25 heavy (non-hydrogen) atoms. The maximum atomic E-state index is 12.0. The minimum Gasteiger partial charge on any atom is -0.378 e. The number of halogens is 1. The summed E-state index contributed by atoms with van der Waals surface area (Å²) in [4.78, 5) is 19.8. The van der Waals surface area contributed by atoms with Crippen LogP contribution in [-0.2, 0) is 16.1 Å². The Hall–Kier alpha value is -1.57. The van der Waals surface area contributed by atoms with Gasteiger partial charge in [0, 0.05) is 35.2 Å². The van der Waals surface area contributed by atoms with Gasteiger partial charge in [0.2, 0.25) is 5.91 Å². The highest BCUT2D eigenvalue weighted by atomic mass is 79.9. The molecule has 1 amide bonds. The number of morpholine rings is 1. The molecule has 2 aromatic rings. The minimum absolute atomic E-state index is 0.0187. The summed E-state index contributed by atoms with van der Waals surface area (Å²) in [7, 11) is 0. The molecule has 7 heteroatoms. The molecule has 0 spiro atoms. The summed E-state index contributed by atoms with van der Waals surface area (Å²) in [6.45, 7) is 3.73. The molecule has 132 valence electrons. The Bertz CT molecular complexity index is 688. The van der Waals surface area contributed by atoms with Gasteiger partial charge in [-0.2, -0.15) is 0 Å². The van der Waals surface area contributed by atoms with Crippen LogP contribution in [0.1, 0.15) is 5.56 Å². The lowest BCUT2D eigenvalue weighted by atomic mass is 10.2. The Morgan fingerprint density at radius 2 is 1.96 bits per heavy atom. The van der Waals surface area contributed by atoms with Crippen LogP contribution in [-0.4, -0.2) is 42.9 Å². The quantitative estimate of drug-likeness (QED) is 0.726. The smallest absolute Gasteiger partial charge is 0.230 e. The number of nitrogens with zero attached hydrogens (tertiary/aromatic N) is 2. The third-order valence-corrected chi connectivity index (χ3v) is 5.36. The fourth-order valence-electron chi connectivity index (χ4n) is 2.43. The number of hydrogen-bond acceptors (Lipinski definition) is 5. The van der Waals surface area contributed by atoms with Crippen LogP contribution >= 0.6 is 27.7 Å². The van der Waals surface area contributed by atoms with E-state index in [2.05, 4.69) is 31.1 Å². The number of benzene rings is 1. The average molecular weight is 422 g/mol. The van der Waals surface area contributed by atoms with E-state index in [9.17, 15) is 4.79 Å². The molecule has 1 aliphatic rings. The molecule has 1 saturated heterocycles. The molecule has 1 aromatic carbocycles. The van der Waals surface area contributed by atoms with E-state index < -0.39 is 0 Å². The lowest BCUT2D eigenvalue weighted by molar-refractivity contribution is -0.118. The number of thioether (sulfide) groups is 1. The topological polar surface area (TPSA) is 54.5 Å². The number of nitrogens with one attached hydrogen (secondary N) is 1. The predicted octanol–water partition coefficient (Wildman–Crippen LogP) is 3.09. The van der Waals surface area contributed by atoms with Crippen molar-refractivity contribution in [2.75, 3.05) is 37.0 Å². The fourth-order valence-corrected chi connectivity index (χ4v) is 3.42. The van der Waals surface area contributed by atoms with E-state index in [0.717, 1.165) is 47.1 Å². The Morgan fingerprint density at radius 3 is 2.64 bits per heavy atom. The van der Waals surface area contributed by atoms with E-state index in [1.807, 2.05) is 42.6 Å². The summed E-state index contributed by atoms with van der Waals surface area (Å²) >= 11 is 4.93. The second-order valence-electron chi connectivity index (χ2n) is 5.64. The first-order valence-electron chi connectivity index (χ1n) is 8.13. The molecule has 1 N–H and O–H groups in total. The lowest BCUT2D eigenvalue weighted by Crippen LogP contribution is -2.36. The Balaban J connectivity index is 1.43. The van der Waals surface area contributed by atoms with Crippen LogP contribution in [0, 0.1) is 0 Å². The van der Waals surface area contributed by atoms with Gasteiger partial charge in [-0.1, -0.05) is 22.0 Å². The summed E-state index contributed by atoms with van der Waals surface area (Å²) in [6, 6.07) is 12.0. The lowest BCUT2D eigenvalue weighted by Gasteiger charge is -2.27. The molecule has 0 bridgehead atoms. The van der Waals surface area contributed by atoms with E-state index in [4.69, 9.17) is 4.74 Å². The monoisotopic (exact) mass is 421 g/mol. The van der Waals surface area contributed by atoms with Gasteiger partial charge in [0.25, 0.3) is 0 Å². The highest BCUT2D eigenvalue weighted by molar-refractivity contribution is 9.10. The molecule has 0 aliphatic carbocycles. The van der Waals surface area contributed by atoms with Crippen molar-refractivity contribution < 1.29 is 9.53 Å². The van der Waals surface area contributed by atoms with Gasteiger partial charge in [-0.05, 0) is 35.9 Å². The van der Waals surface area contributed by atoms with E-state index in [1.165, 1.54) is 11.8 Å². The van der Waals surface area contributed by atoms with Crippen LogP contribution < -0.4 is 10.2 Å². The van der Waals surface area contributed by atoms with E-state index in [-0.39, 0.29) is 5.91 Å². The minimum atomic E-state index is 0.0187. The van der Waals surface area contributed by atoms with Crippen LogP contribution in [0.15, 0.2) is 52.0 Å². The Labute approximate surface area is 160 Å². The zero-order valence-electron chi connectivity index (χ0n) is 13.8. The maximum absolute atomic E-state index is 12.0. The molecule has 0 unspecified atom stereocenters. The van der Waals surface area contributed by atoms with Gasteiger partial charge in [-0.25, -0.2) is 4.98 Å². The van der Waals surface area contributed by atoms with Gasteiger partial charge >= 0.3 is 0 Å². The number of rotatable bonds is 6. The Morgan fingerprint density at radius 1 is 1.20 bits per heavy atom. The highest BCUT2D eigenvalue weighted by Crippen LogP contribution is 2.20. The molecule has 0 radical (unpaired) electrons. The number of hydrogen-bond donors (Lipinski definition) is 1. The number of carbonyl (C=O) groups excluding carboxylic acids is 1. The van der Waals surface area contributed by atoms with Gasteiger partial charge in [-0.15, -0.1) is 11.8 Å². The summed E-state index contributed by atoms with van der Waals surface area (Å²) < 4.78 is 6.39. The molecule has 2 heterocycles. The number of anilines is 1. The summed E-state index contributed by atoms with van der Waals surface area (Å²) in [5, 5.41) is 2.94. The number of pyridine rings is 1. The second-order valence-corrected chi connectivity index (χ2v) is 7.61. The summed E-state index contributed by atoms with van der Waals surface area (Å²) in [5.41, 5.74) is 0.999. The molecule has 1 aliphatic heterocycles. The van der Waals surface area contributed by atoms with Gasteiger partial charge in [0.1, 0.15) is 5.82 Å². The van der Waals surface area contributed by atoms with Crippen molar-refractivity contribution in [2.45, 2.75) is 11.4 Å². The molecular weight excluding hydrogens is 402 g/mol. The van der Waals surface area contributed by atoms with Gasteiger partial charge in [0.05, 0.1) is 19.0 Å². The standard InChI is InChI=1S/C18H20BrN3O2S/c19-15-2-4-16(5-3-15)25-13-18(23)21-12-14-1-6-17(20-11-14)22-7-9-24-10-8-22/h1-6,11H,7-10,12-13H2,(H,21,23). The highest BCUT2D eigenvalue weighted by Gasteiger charge is 2.12. The molecule has 1 aromatic heterocycles. The normalized spacial score (nSPS) is 14.4. The van der Waals surface area contributed by atoms with Gasteiger partial charge in [0.15, 0.2) is 0 Å². The molecule has 5 nitrogen and oxygen atoms in total. The number of carbonyl (C=O) groups is 1. The molecule has 0 saturated carbocycles. The SMILES string of the molecule is O=C(CSc1ccc(Br)cc1)NCc1ccc(N2CCOCC2)nc1. The van der Waals surface area contributed by atoms with Crippen molar-refractivity contribution in [1.29, 1.82) is 0 Å². The van der Waals surface area contributed by atoms with Crippen molar-refractivity contribution in [3.63, 3.8) is 0 Å². The van der Waals surface area contributed by atoms with Crippen LogP contribution in [0.25, 0.3) is 0 Å². The molecule has 1 fully saturated rings. The average Bonchev–Trinajstić information content (AvgIpc) is 2.67. The second kappa shape index (κ2) is 9.22. The number of aromatic nitrogens is 1. The number of amides is 1. The molecule has 0 atom stereocenters. The fraction of sp³-hybridized carbons (Fsp3) is 0.333. The third-order valence-electron chi connectivity index (χ3n) is 3.82. The third kappa shape index (κ3) is 5.73. The maximum Gasteiger partial charge on any atom is 0.230 e. The van der Waals surface area contributed by atoms with Crippen molar-refractivity contribution in [3.05, 3.63) is 52.6 Å². The first-order valence-corrected chi connectivity index (χ1v) is 9.91. The first kappa shape index (κ1) is 18.2. The van der Waals surface area contributed by atoms with Crippen LogP contribution in [0.5, 0.6) is 0 Å². The van der Waals surface area contributed by atoms with Crippen molar-refractivity contribution >= 4 is 39.4 Å². The van der Waals surface area contributed by atoms with Crippen molar-refractivity contribution in [2.24, 2.45) is 0 Å². The van der Waals surface area contributed by atoms with E-state index >= 15 is 0 Å². The van der Waals surface area contributed by atoms with E-state index in [0.29, 0.717) is 12.3 Å². The molecular formula is C18H20BrN3O2S. The van der Waals surface area contributed by atoms with Gasteiger partial charge < -0.3 is 15.0 Å². The van der Waals surface area contributed by atoms with Crippen molar-refractivity contribution in [3.8, 4) is 0 Å². The first-order chi connectivity index (χ1) is 12.2. The largest absolute Gasteiger partial charge is 0.378 e. The van der Waals surface area contributed by atoms with E-state index in [1.54, 1.807) is 0 Å². The van der Waals surface area contributed by atoms with Crippen LogP contribution in [0.2, 0.25) is 0 Å². The predicted molar refractivity (Wildman–Crippen MR) is 104 cm³/mol. The Kier molecular flexibility index (Phi) is 6.72. The summed E-state index contributed by atoms with van der Waals surface area (Å²) in [5.74, 6) is 1.38. The van der Waals surface area contributed by atoms with Crippen LogP contribution in [0.4, 0.5) is 5.82 Å². The van der Waals surface area contributed by atoms with Crippen LogP contribution in [0.3, 0.4) is 0 Å². The number of ether oxygens (including phenoxy) is 1. The van der Waals surface area contributed by atoms with Crippen molar-refractivity contribution in [1.82, 2.24) is 10.3 Å². The molecule has 3 rings (SSSR count). The zero-order chi connectivity index (χ0) is 17.5.